The Morgan fingerprint density at radius 1 is 1.53 bits per heavy atom. The highest BCUT2D eigenvalue weighted by Gasteiger charge is 2.26. The van der Waals surface area contributed by atoms with Crippen LogP contribution in [0, 0.1) is 5.41 Å². The molecule has 0 fully saturated rings. The maximum absolute atomic E-state index is 11.5. The topological polar surface area (TPSA) is 66.9 Å². The van der Waals surface area contributed by atoms with E-state index in [1.54, 1.807) is 7.05 Å². The fourth-order valence-electron chi connectivity index (χ4n) is 0.992. The number of hydrogen-bond acceptors (Lipinski definition) is 5. The zero-order valence-corrected chi connectivity index (χ0v) is 11.2. The zero-order chi connectivity index (χ0) is 11.5. The summed E-state index contributed by atoms with van der Waals surface area (Å²) in [7, 11) is 1.63. The van der Waals surface area contributed by atoms with Gasteiger partial charge in [-0.2, -0.15) is 0 Å². The first-order chi connectivity index (χ1) is 6.95. The Balaban J connectivity index is 2.53. The van der Waals surface area contributed by atoms with Gasteiger partial charge in [-0.05, 0) is 29.8 Å². The Labute approximate surface area is 101 Å². The van der Waals surface area contributed by atoms with Crippen LogP contribution in [0.1, 0.15) is 13.8 Å². The van der Waals surface area contributed by atoms with Crippen LogP contribution in [-0.4, -0.2) is 29.7 Å². The molecule has 2 N–H and O–H groups in total. The molecule has 0 radical (unpaired) electrons. The number of nitrogens with zero attached hydrogens (tertiary/aromatic N) is 2. The van der Waals surface area contributed by atoms with Gasteiger partial charge in [0.1, 0.15) is 0 Å². The molecule has 0 aliphatic rings. The molecule has 0 aliphatic carbocycles. The highest BCUT2D eigenvalue weighted by molar-refractivity contribution is 9.11. The molecule has 84 valence electrons. The van der Waals surface area contributed by atoms with Crippen LogP contribution in [0.5, 0.6) is 0 Å². The second kappa shape index (κ2) is 4.89. The molecule has 5 nitrogen and oxygen atoms in total. The molecule has 0 unspecified atom stereocenters. The predicted molar refractivity (Wildman–Crippen MR) is 63.9 cm³/mol. The SMILES string of the molecule is CNC(=O)C(C)(C)CNc1nnc(Br)s1. The average Bonchev–Trinajstić information content (AvgIpc) is 2.60. The molecular weight excluding hydrogens is 280 g/mol. The first-order valence-corrected chi connectivity index (χ1v) is 6.02. The van der Waals surface area contributed by atoms with Gasteiger partial charge in [0.15, 0.2) is 3.92 Å². The smallest absolute Gasteiger partial charge is 0.227 e. The number of rotatable bonds is 4. The van der Waals surface area contributed by atoms with Crippen molar-refractivity contribution in [3.63, 3.8) is 0 Å². The lowest BCUT2D eigenvalue weighted by Gasteiger charge is -2.22. The van der Waals surface area contributed by atoms with Crippen molar-refractivity contribution in [3.05, 3.63) is 3.92 Å². The molecule has 1 amide bonds. The Hall–Kier alpha value is -0.690. The minimum atomic E-state index is -0.465. The van der Waals surface area contributed by atoms with Crippen molar-refractivity contribution in [2.24, 2.45) is 5.41 Å². The van der Waals surface area contributed by atoms with Gasteiger partial charge >= 0.3 is 0 Å². The summed E-state index contributed by atoms with van der Waals surface area (Å²) in [6.07, 6.45) is 0. The normalized spacial score (nSPS) is 11.2. The summed E-state index contributed by atoms with van der Waals surface area (Å²) in [5.41, 5.74) is -0.465. The Bertz CT molecular complexity index is 352. The molecule has 1 aromatic heterocycles. The van der Waals surface area contributed by atoms with Crippen LogP contribution in [0.3, 0.4) is 0 Å². The third-order valence-electron chi connectivity index (χ3n) is 1.92. The maximum atomic E-state index is 11.5. The second-order valence-electron chi connectivity index (χ2n) is 3.68. The average molecular weight is 293 g/mol. The minimum absolute atomic E-state index is 0.00131. The lowest BCUT2D eigenvalue weighted by molar-refractivity contribution is -0.128. The number of anilines is 1. The van der Waals surface area contributed by atoms with E-state index in [0.29, 0.717) is 11.7 Å². The minimum Gasteiger partial charge on any atom is -0.359 e. The van der Waals surface area contributed by atoms with Gasteiger partial charge in [-0.25, -0.2) is 0 Å². The molecule has 0 spiro atoms. The van der Waals surface area contributed by atoms with Gasteiger partial charge < -0.3 is 10.6 Å². The lowest BCUT2D eigenvalue weighted by atomic mass is 9.92. The van der Waals surface area contributed by atoms with Crippen molar-refractivity contribution in [1.29, 1.82) is 0 Å². The molecule has 0 aromatic carbocycles. The van der Waals surface area contributed by atoms with Crippen LogP contribution in [0.15, 0.2) is 3.92 Å². The highest BCUT2D eigenvalue weighted by atomic mass is 79.9. The van der Waals surface area contributed by atoms with E-state index in [0.717, 1.165) is 3.92 Å². The molecule has 0 bridgehead atoms. The van der Waals surface area contributed by atoms with E-state index in [4.69, 9.17) is 0 Å². The monoisotopic (exact) mass is 292 g/mol. The van der Waals surface area contributed by atoms with Gasteiger partial charge in [0.25, 0.3) is 0 Å². The van der Waals surface area contributed by atoms with Crippen LogP contribution >= 0.6 is 27.3 Å². The van der Waals surface area contributed by atoms with Crippen LogP contribution in [0.4, 0.5) is 5.13 Å². The summed E-state index contributed by atoms with van der Waals surface area (Å²) in [6.45, 7) is 4.26. The van der Waals surface area contributed by atoms with Crippen molar-refractivity contribution >= 4 is 38.3 Å². The third kappa shape index (κ3) is 3.42. The molecule has 0 aliphatic heterocycles. The van der Waals surface area contributed by atoms with Crippen LogP contribution in [0.2, 0.25) is 0 Å². The second-order valence-corrected chi connectivity index (χ2v) is 5.93. The number of hydrogen-bond donors (Lipinski definition) is 2. The summed E-state index contributed by atoms with van der Waals surface area (Å²) >= 11 is 4.62. The zero-order valence-electron chi connectivity index (χ0n) is 8.80. The lowest BCUT2D eigenvalue weighted by Crippen LogP contribution is -2.39. The fraction of sp³-hybridized carbons (Fsp3) is 0.625. The van der Waals surface area contributed by atoms with Crippen molar-refractivity contribution in [2.45, 2.75) is 13.8 Å². The molecule has 15 heavy (non-hydrogen) atoms. The number of nitrogens with one attached hydrogen (secondary N) is 2. The number of halogens is 1. The Morgan fingerprint density at radius 3 is 2.67 bits per heavy atom. The molecular formula is C8H13BrN4OS. The van der Waals surface area contributed by atoms with E-state index < -0.39 is 5.41 Å². The predicted octanol–water partition coefficient (Wildman–Crippen LogP) is 1.48. The molecule has 0 saturated carbocycles. The van der Waals surface area contributed by atoms with Crippen molar-refractivity contribution in [3.8, 4) is 0 Å². The van der Waals surface area contributed by atoms with E-state index in [9.17, 15) is 4.79 Å². The quantitative estimate of drug-likeness (QED) is 0.882. The highest BCUT2D eigenvalue weighted by Crippen LogP contribution is 2.22. The van der Waals surface area contributed by atoms with E-state index >= 15 is 0 Å². The number of carbonyl (C=O) groups excluding carboxylic acids is 1. The standard InChI is InChI=1S/C8H13BrN4OS/c1-8(2,5(14)10-3)4-11-7-13-12-6(9)15-7/h4H2,1-3H3,(H,10,14)(H,11,13). The maximum Gasteiger partial charge on any atom is 0.227 e. The number of carbonyl (C=O) groups is 1. The van der Waals surface area contributed by atoms with Crippen LogP contribution < -0.4 is 10.6 Å². The van der Waals surface area contributed by atoms with Crippen LogP contribution in [-0.2, 0) is 4.79 Å². The fourth-order valence-corrected chi connectivity index (χ4v) is 2.00. The molecule has 1 rings (SSSR count). The number of amides is 1. The largest absolute Gasteiger partial charge is 0.359 e. The summed E-state index contributed by atoms with van der Waals surface area (Å²) in [6, 6.07) is 0. The summed E-state index contributed by atoms with van der Waals surface area (Å²) in [5, 5.41) is 14.1. The van der Waals surface area contributed by atoms with Crippen LogP contribution in [0.25, 0.3) is 0 Å². The van der Waals surface area contributed by atoms with Crippen molar-refractivity contribution < 1.29 is 4.79 Å². The summed E-state index contributed by atoms with van der Waals surface area (Å²) in [4.78, 5) is 11.5. The van der Waals surface area contributed by atoms with Gasteiger partial charge in [0, 0.05) is 13.6 Å². The van der Waals surface area contributed by atoms with E-state index in [1.807, 2.05) is 13.8 Å². The molecule has 1 aromatic rings. The van der Waals surface area contributed by atoms with Gasteiger partial charge in [0.05, 0.1) is 5.41 Å². The summed E-state index contributed by atoms with van der Waals surface area (Å²) in [5.74, 6) is -0.00131. The van der Waals surface area contributed by atoms with Crippen molar-refractivity contribution in [1.82, 2.24) is 15.5 Å². The first-order valence-electron chi connectivity index (χ1n) is 4.41. The number of aromatic nitrogens is 2. The Morgan fingerprint density at radius 2 is 2.20 bits per heavy atom. The molecule has 0 atom stereocenters. The molecule has 7 heteroatoms. The van der Waals surface area contributed by atoms with Crippen molar-refractivity contribution in [2.75, 3.05) is 18.9 Å². The van der Waals surface area contributed by atoms with Gasteiger partial charge in [-0.1, -0.05) is 11.3 Å². The van der Waals surface area contributed by atoms with E-state index in [2.05, 4.69) is 36.8 Å². The Kier molecular flexibility index (Phi) is 4.04. The van der Waals surface area contributed by atoms with Gasteiger partial charge in [-0.3, -0.25) is 4.79 Å². The van der Waals surface area contributed by atoms with Gasteiger partial charge in [0.2, 0.25) is 11.0 Å². The first kappa shape index (κ1) is 12.4. The molecule has 1 heterocycles. The summed E-state index contributed by atoms with van der Waals surface area (Å²) < 4.78 is 0.725. The van der Waals surface area contributed by atoms with E-state index in [1.165, 1.54) is 11.3 Å². The van der Waals surface area contributed by atoms with Gasteiger partial charge in [-0.15, -0.1) is 10.2 Å². The van der Waals surface area contributed by atoms with E-state index in [-0.39, 0.29) is 5.91 Å². The molecule has 0 saturated heterocycles. The third-order valence-corrected chi connectivity index (χ3v) is 3.24.